The number of carbonyl (C=O) groups excluding carboxylic acids is 2. The van der Waals surface area contributed by atoms with Gasteiger partial charge < -0.3 is 25.6 Å². The lowest BCUT2D eigenvalue weighted by atomic mass is 9.76. The molecule has 9 nitrogen and oxygen atoms in total. The van der Waals surface area contributed by atoms with Gasteiger partial charge in [-0.2, -0.15) is 5.26 Å². The van der Waals surface area contributed by atoms with Crippen molar-refractivity contribution < 1.29 is 28.4 Å². The fourth-order valence-electron chi connectivity index (χ4n) is 4.76. The molecule has 2 saturated heterocycles. The Kier molecular flexibility index (Phi) is 9.28. The van der Waals surface area contributed by atoms with Crippen LogP contribution < -0.4 is 10.6 Å². The molecular weight excluding hydrogens is 483 g/mol. The van der Waals surface area contributed by atoms with Crippen molar-refractivity contribution in [1.82, 2.24) is 20.4 Å². The van der Waals surface area contributed by atoms with Gasteiger partial charge in [-0.25, -0.2) is 13.6 Å². The highest BCUT2D eigenvalue weighted by molar-refractivity contribution is 6.43. The molecule has 200 valence electrons. The molecule has 2 aliphatic rings. The number of nitrogens with zero attached hydrogens (tertiary/aromatic N) is 3. The Morgan fingerprint density at radius 3 is 2.59 bits per heavy atom. The molecule has 12 heteroatoms. The molecule has 0 spiro atoms. The van der Waals surface area contributed by atoms with E-state index in [1.807, 2.05) is 36.4 Å². The highest BCUT2D eigenvalue weighted by atomic mass is 19.3. The largest absolute Gasteiger partial charge is 0.475 e. The van der Waals surface area contributed by atoms with Crippen LogP contribution in [0, 0.1) is 11.3 Å². The van der Waals surface area contributed by atoms with Crippen LogP contribution in [0.25, 0.3) is 0 Å². The number of carbonyl (C=O) groups is 2. The SMILES string of the molecule is CC(C)(C=C(C#N)C(=O)N1CCCC(NC(=O)N[C@@H](Cc2ccccc2)B(O)O)C1)N1CCC(F)(F)C1. The molecular formula is C25H34BF2N5O4. The molecule has 1 aromatic carbocycles. The van der Waals surface area contributed by atoms with Crippen LogP contribution in [0.4, 0.5) is 13.6 Å². The van der Waals surface area contributed by atoms with Crippen molar-refractivity contribution in [1.29, 1.82) is 5.26 Å². The Bertz CT molecular complexity index is 1030. The standard InChI is InChI=1S/C25H34BF2N5O4/c1-24(2,33-12-10-25(27,28)17-33)14-19(15-29)22(34)32-11-6-9-20(16-32)30-23(35)31-21(26(36)37)13-18-7-4-3-5-8-18/h3-5,7-8,14,20-21,36-37H,6,9-13,16-17H2,1-2H3,(H2,30,31,35)/t20?,21-/m0/s1. The topological polar surface area (TPSA) is 129 Å². The highest BCUT2D eigenvalue weighted by Crippen LogP contribution is 2.33. The molecule has 2 heterocycles. The third-order valence-corrected chi connectivity index (χ3v) is 6.85. The third kappa shape index (κ3) is 7.99. The lowest BCUT2D eigenvalue weighted by molar-refractivity contribution is -0.128. The molecule has 0 bridgehead atoms. The smallest absolute Gasteiger partial charge is 0.426 e. The average Bonchev–Trinajstić information content (AvgIpc) is 3.23. The van der Waals surface area contributed by atoms with Gasteiger partial charge in [-0.15, -0.1) is 0 Å². The first-order valence-electron chi connectivity index (χ1n) is 12.4. The summed E-state index contributed by atoms with van der Waals surface area (Å²) in [4.78, 5) is 28.7. The summed E-state index contributed by atoms with van der Waals surface area (Å²) >= 11 is 0. The summed E-state index contributed by atoms with van der Waals surface area (Å²) in [5.74, 6) is -4.24. The van der Waals surface area contributed by atoms with E-state index < -0.39 is 49.0 Å². The molecule has 2 aliphatic heterocycles. The minimum absolute atomic E-state index is 0.128. The Hall–Kier alpha value is -3.01. The Balaban J connectivity index is 1.59. The fourth-order valence-corrected chi connectivity index (χ4v) is 4.76. The second-order valence-corrected chi connectivity index (χ2v) is 10.3. The number of hydrogen-bond acceptors (Lipinski definition) is 6. The maximum Gasteiger partial charge on any atom is 0.475 e. The van der Waals surface area contributed by atoms with Crippen LogP contribution in [0.2, 0.25) is 0 Å². The first-order valence-corrected chi connectivity index (χ1v) is 12.4. The fraction of sp³-hybridized carbons (Fsp3) is 0.560. The van der Waals surface area contributed by atoms with Crippen LogP contribution in [-0.4, -0.2) is 88.5 Å². The molecule has 3 amide bonds. The average molecular weight is 517 g/mol. The third-order valence-electron chi connectivity index (χ3n) is 6.85. The van der Waals surface area contributed by atoms with Crippen LogP contribution in [0.5, 0.6) is 0 Å². The molecule has 3 rings (SSSR count). The molecule has 1 unspecified atom stereocenters. The van der Waals surface area contributed by atoms with Gasteiger partial charge in [0.05, 0.1) is 12.5 Å². The quantitative estimate of drug-likeness (QED) is 0.235. The van der Waals surface area contributed by atoms with Gasteiger partial charge in [-0.1, -0.05) is 30.3 Å². The molecule has 37 heavy (non-hydrogen) atoms. The summed E-state index contributed by atoms with van der Waals surface area (Å²) in [6, 6.07) is 10.0. The van der Waals surface area contributed by atoms with Crippen molar-refractivity contribution in [2.24, 2.45) is 0 Å². The molecule has 0 aromatic heterocycles. The van der Waals surface area contributed by atoms with Crippen LogP contribution in [0.15, 0.2) is 42.0 Å². The van der Waals surface area contributed by atoms with Crippen molar-refractivity contribution in [3.63, 3.8) is 0 Å². The zero-order valence-electron chi connectivity index (χ0n) is 21.2. The number of amides is 3. The van der Waals surface area contributed by atoms with E-state index in [9.17, 15) is 33.7 Å². The lowest BCUT2D eigenvalue weighted by Crippen LogP contribution is -2.56. The van der Waals surface area contributed by atoms with Gasteiger partial charge in [-0.05, 0) is 44.7 Å². The van der Waals surface area contributed by atoms with Crippen LogP contribution in [0.1, 0.15) is 38.7 Å². The predicted octanol–water partition coefficient (Wildman–Crippen LogP) is 1.47. The van der Waals surface area contributed by atoms with Crippen LogP contribution in [-0.2, 0) is 11.2 Å². The van der Waals surface area contributed by atoms with E-state index in [4.69, 9.17) is 0 Å². The monoisotopic (exact) mass is 517 g/mol. The van der Waals surface area contributed by atoms with Gasteiger partial charge in [0.25, 0.3) is 11.8 Å². The van der Waals surface area contributed by atoms with E-state index in [-0.39, 0.29) is 31.5 Å². The van der Waals surface area contributed by atoms with Crippen LogP contribution in [0.3, 0.4) is 0 Å². The highest BCUT2D eigenvalue weighted by Gasteiger charge is 2.43. The summed E-state index contributed by atoms with van der Waals surface area (Å²) in [7, 11) is -1.77. The summed E-state index contributed by atoms with van der Waals surface area (Å²) < 4.78 is 27.4. The second kappa shape index (κ2) is 12.0. The van der Waals surface area contributed by atoms with E-state index in [0.29, 0.717) is 19.4 Å². The summed E-state index contributed by atoms with van der Waals surface area (Å²) in [5, 5.41) is 34.4. The van der Waals surface area contributed by atoms with E-state index in [0.717, 1.165) is 5.56 Å². The van der Waals surface area contributed by atoms with Gasteiger partial charge >= 0.3 is 13.1 Å². The minimum atomic E-state index is -2.79. The van der Waals surface area contributed by atoms with Crippen molar-refractivity contribution in [2.45, 2.75) is 63.0 Å². The lowest BCUT2D eigenvalue weighted by Gasteiger charge is -2.35. The number of rotatable bonds is 8. The van der Waals surface area contributed by atoms with Gasteiger partial charge in [-0.3, -0.25) is 9.69 Å². The zero-order chi connectivity index (χ0) is 27.2. The number of benzene rings is 1. The number of alkyl halides is 2. The predicted molar refractivity (Wildman–Crippen MR) is 134 cm³/mol. The molecule has 1 aromatic rings. The van der Waals surface area contributed by atoms with Crippen molar-refractivity contribution in [3.8, 4) is 6.07 Å². The summed E-state index contributed by atoms with van der Waals surface area (Å²) in [6.45, 7) is 3.70. The molecule has 2 fully saturated rings. The number of halogens is 2. The van der Waals surface area contributed by atoms with Crippen LogP contribution >= 0.6 is 0 Å². The zero-order valence-corrected chi connectivity index (χ0v) is 21.2. The summed E-state index contributed by atoms with van der Waals surface area (Å²) in [6.07, 6.45) is 2.59. The normalized spacial score (nSPS) is 21.2. The van der Waals surface area contributed by atoms with Crippen molar-refractivity contribution in [3.05, 3.63) is 47.5 Å². The van der Waals surface area contributed by atoms with E-state index in [2.05, 4.69) is 10.6 Å². The van der Waals surface area contributed by atoms with E-state index in [1.54, 1.807) is 18.7 Å². The number of nitriles is 1. The Morgan fingerprint density at radius 2 is 2.00 bits per heavy atom. The number of urea groups is 1. The maximum absolute atomic E-state index is 13.7. The number of hydrogen-bond donors (Lipinski definition) is 4. The Morgan fingerprint density at radius 1 is 1.30 bits per heavy atom. The molecule has 0 radical (unpaired) electrons. The first-order chi connectivity index (χ1) is 17.4. The first kappa shape index (κ1) is 28.6. The van der Waals surface area contributed by atoms with Crippen molar-refractivity contribution >= 4 is 19.1 Å². The Labute approximate surface area is 216 Å². The molecule has 0 saturated carbocycles. The van der Waals surface area contributed by atoms with Gasteiger partial charge in [0.2, 0.25) is 0 Å². The number of likely N-dealkylation sites (tertiary alicyclic amines) is 2. The molecule has 4 N–H and O–H groups in total. The number of nitrogens with one attached hydrogen (secondary N) is 2. The number of piperidine rings is 1. The van der Waals surface area contributed by atoms with E-state index >= 15 is 0 Å². The summed E-state index contributed by atoms with van der Waals surface area (Å²) in [5.41, 5.74) is -0.212. The molecule has 2 atom stereocenters. The van der Waals surface area contributed by atoms with E-state index in [1.165, 1.54) is 11.0 Å². The van der Waals surface area contributed by atoms with Gasteiger partial charge in [0.15, 0.2) is 0 Å². The van der Waals surface area contributed by atoms with Crippen molar-refractivity contribution in [2.75, 3.05) is 26.2 Å². The van der Waals surface area contributed by atoms with Gasteiger partial charge in [0.1, 0.15) is 11.6 Å². The minimum Gasteiger partial charge on any atom is -0.426 e. The maximum atomic E-state index is 13.7. The molecule has 0 aliphatic carbocycles. The second-order valence-electron chi connectivity index (χ2n) is 10.3. The van der Waals surface area contributed by atoms with Gasteiger partial charge in [0, 0.05) is 37.6 Å².